The third kappa shape index (κ3) is 4.50. The van der Waals surface area contributed by atoms with Gasteiger partial charge in [0.15, 0.2) is 0 Å². The summed E-state index contributed by atoms with van der Waals surface area (Å²) in [5.74, 6) is 1.33. The van der Waals surface area contributed by atoms with Crippen molar-refractivity contribution in [2.45, 2.75) is 97.7 Å². The van der Waals surface area contributed by atoms with Crippen LogP contribution in [0.25, 0.3) is 0 Å². The number of fused-ring (bicyclic) bond motifs is 2. The van der Waals surface area contributed by atoms with Gasteiger partial charge >= 0.3 is 0 Å². The Hall–Kier alpha value is -2.13. The second-order valence-electron chi connectivity index (χ2n) is 10.6. The average molecular weight is 433 g/mol. The first-order chi connectivity index (χ1) is 15.3. The van der Waals surface area contributed by atoms with E-state index < -0.39 is 0 Å². The van der Waals surface area contributed by atoms with Crippen LogP contribution in [0.4, 0.5) is 5.69 Å². The van der Waals surface area contributed by atoms with E-state index >= 15 is 0 Å². The first kappa shape index (κ1) is 23.0. The van der Waals surface area contributed by atoms with Gasteiger partial charge in [-0.05, 0) is 85.8 Å². The Bertz CT molecular complexity index is 977. The van der Waals surface area contributed by atoms with Crippen LogP contribution in [0.3, 0.4) is 0 Å². The second-order valence-corrected chi connectivity index (χ2v) is 10.6. The molecular weight excluding hydrogens is 392 g/mol. The van der Waals surface area contributed by atoms with Gasteiger partial charge in [-0.15, -0.1) is 0 Å². The molecule has 2 aliphatic rings. The van der Waals surface area contributed by atoms with Crippen molar-refractivity contribution in [3.63, 3.8) is 0 Å². The molecule has 3 nitrogen and oxygen atoms in total. The highest BCUT2D eigenvalue weighted by atomic mass is 16.2. The zero-order valence-corrected chi connectivity index (χ0v) is 20.8. The number of hydrogen-bond acceptors (Lipinski definition) is 2. The van der Waals surface area contributed by atoms with Gasteiger partial charge in [0.1, 0.15) is 0 Å². The number of carbonyl (C=O) groups is 1. The number of nitrogens with zero attached hydrogens (tertiary/aromatic N) is 2. The molecule has 0 spiro atoms. The van der Waals surface area contributed by atoms with Gasteiger partial charge in [0, 0.05) is 30.9 Å². The van der Waals surface area contributed by atoms with Crippen LogP contribution in [0, 0.1) is 0 Å². The van der Waals surface area contributed by atoms with Crippen LogP contribution < -0.4 is 4.90 Å². The molecule has 0 fully saturated rings. The topological polar surface area (TPSA) is 23.6 Å². The van der Waals surface area contributed by atoms with Crippen LogP contribution in [0.2, 0.25) is 0 Å². The van der Waals surface area contributed by atoms with E-state index in [4.69, 9.17) is 0 Å². The fourth-order valence-electron chi connectivity index (χ4n) is 5.63. The fourth-order valence-corrected chi connectivity index (χ4v) is 5.63. The SMILES string of the molecule is CC(C)c1cccc2c1CCN(C(C)CCC(C)c1ccc3c(c1)N(C(C)C)C(=O)C3)C2. The van der Waals surface area contributed by atoms with E-state index in [2.05, 4.69) is 82.8 Å². The molecule has 2 aromatic rings. The molecule has 0 aromatic heterocycles. The summed E-state index contributed by atoms with van der Waals surface area (Å²) in [6.45, 7) is 15.8. The molecule has 0 saturated heterocycles. The molecule has 2 unspecified atom stereocenters. The summed E-state index contributed by atoms with van der Waals surface area (Å²) in [6, 6.07) is 14.4. The third-order valence-corrected chi connectivity index (χ3v) is 7.66. The van der Waals surface area contributed by atoms with Crippen LogP contribution >= 0.6 is 0 Å². The molecule has 0 radical (unpaired) electrons. The summed E-state index contributed by atoms with van der Waals surface area (Å²) < 4.78 is 0. The monoisotopic (exact) mass is 432 g/mol. The summed E-state index contributed by atoms with van der Waals surface area (Å²) in [6.07, 6.45) is 4.09. The minimum Gasteiger partial charge on any atom is -0.309 e. The predicted octanol–water partition coefficient (Wildman–Crippen LogP) is 6.44. The molecule has 172 valence electrons. The first-order valence-electron chi connectivity index (χ1n) is 12.6. The summed E-state index contributed by atoms with van der Waals surface area (Å²) in [4.78, 5) is 17.1. The highest BCUT2D eigenvalue weighted by Crippen LogP contribution is 2.35. The van der Waals surface area contributed by atoms with Gasteiger partial charge in [0.2, 0.25) is 5.91 Å². The van der Waals surface area contributed by atoms with E-state index in [1.807, 2.05) is 4.90 Å². The van der Waals surface area contributed by atoms with Gasteiger partial charge in [-0.1, -0.05) is 51.1 Å². The van der Waals surface area contributed by atoms with Gasteiger partial charge in [-0.25, -0.2) is 0 Å². The maximum absolute atomic E-state index is 12.4. The molecule has 4 rings (SSSR count). The highest BCUT2D eigenvalue weighted by molar-refractivity contribution is 6.01. The highest BCUT2D eigenvalue weighted by Gasteiger charge is 2.30. The normalized spacial score (nSPS) is 18.2. The maximum Gasteiger partial charge on any atom is 0.231 e. The van der Waals surface area contributed by atoms with Crippen molar-refractivity contribution in [3.8, 4) is 0 Å². The van der Waals surface area contributed by atoms with Crippen LogP contribution in [-0.2, 0) is 24.2 Å². The Morgan fingerprint density at radius 2 is 1.72 bits per heavy atom. The van der Waals surface area contributed by atoms with Crippen LogP contribution in [0.5, 0.6) is 0 Å². The lowest BCUT2D eigenvalue weighted by molar-refractivity contribution is -0.117. The minimum absolute atomic E-state index is 0.215. The number of hydrogen-bond donors (Lipinski definition) is 0. The van der Waals surface area contributed by atoms with Crippen molar-refractivity contribution >= 4 is 11.6 Å². The lowest BCUT2D eigenvalue weighted by atomic mass is 9.88. The molecule has 0 N–H and O–H groups in total. The predicted molar refractivity (Wildman–Crippen MR) is 135 cm³/mol. The van der Waals surface area contributed by atoms with Gasteiger partial charge < -0.3 is 4.90 Å². The van der Waals surface area contributed by atoms with E-state index in [1.165, 1.54) is 41.5 Å². The molecule has 3 heteroatoms. The Kier molecular flexibility index (Phi) is 6.76. The summed E-state index contributed by atoms with van der Waals surface area (Å²) in [5, 5.41) is 0. The minimum atomic E-state index is 0.215. The van der Waals surface area contributed by atoms with E-state index in [1.54, 1.807) is 5.56 Å². The van der Waals surface area contributed by atoms with E-state index in [0.29, 0.717) is 24.3 Å². The fraction of sp³-hybridized carbons (Fsp3) is 0.552. The number of amides is 1. The molecule has 2 atom stereocenters. The van der Waals surface area contributed by atoms with Crippen LogP contribution in [0.1, 0.15) is 94.0 Å². The first-order valence-corrected chi connectivity index (χ1v) is 12.6. The van der Waals surface area contributed by atoms with Crippen molar-refractivity contribution in [2.75, 3.05) is 11.4 Å². The number of carbonyl (C=O) groups excluding carboxylic acids is 1. The van der Waals surface area contributed by atoms with E-state index in [0.717, 1.165) is 18.8 Å². The summed E-state index contributed by atoms with van der Waals surface area (Å²) >= 11 is 0. The Labute approximate surface area is 194 Å². The van der Waals surface area contributed by atoms with E-state index in [9.17, 15) is 4.79 Å². The Morgan fingerprint density at radius 3 is 2.44 bits per heavy atom. The molecule has 1 amide bonds. The summed E-state index contributed by atoms with van der Waals surface area (Å²) in [7, 11) is 0. The largest absolute Gasteiger partial charge is 0.309 e. The smallest absolute Gasteiger partial charge is 0.231 e. The van der Waals surface area contributed by atoms with Gasteiger partial charge in [-0.2, -0.15) is 0 Å². The molecule has 2 aliphatic heterocycles. The lowest BCUT2D eigenvalue weighted by Crippen LogP contribution is -2.38. The van der Waals surface area contributed by atoms with Crippen molar-refractivity contribution in [3.05, 3.63) is 64.2 Å². The van der Waals surface area contributed by atoms with Crippen LogP contribution in [0.15, 0.2) is 36.4 Å². The quantitative estimate of drug-likeness (QED) is 0.503. The zero-order valence-electron chi connectivity index (χ0n) is 20.8. The average Bonchev–Trinajstić information content (AvgIpc) is 3.11. The van der Waals surface area contributed by atoms with Crippen molar-refractivity contribution in [1.29, 1.82) is 0 Å². The molecule has 0 bridgehead atoms. The lowest BCUT2D eigenvalue weighted by Gasteiger charge is -2.35. The van der Waals surface area contributed by atoms with E-state index in [-0.39, 0.29) is 11.9 Å². The Morgan fingerprint density at radius 1 is 0.938 bits per heavy atom. The molecular formula is C29H40N2O. The van der Waals surface area contributed by atoms with Crippen LogP contribution in [-0.4, -0.2) is 29.4 Å². The summed E-state index contributed by atoms with van der Waals surface area (Å²) in [5.41, 5.74) is 8.34. The number of anilines is 1. The number of benzene rings is 2. The Balaban J connectivity index is 1.38. The molecule has 32 heavy (non-hydrogen) atoms. The third-order valence-electron chi connectivity index (χ3n) is 7.66. The molecule has 0 saturated carbocycles. The van der Waals surface area contributed by atoms with Crippen molar-refractivity contribution < 1.29 is 4.79 Å². The van der Waals surface area contributed by atoms with Gasteiger partial charge in [0.25, 0.3) is 0 Å². The van der Waals surface area contributed by atoms with Gasteiger partial charge in [-0.3, -0.25) is 9.69 Å². The molecule has 2 aromatic carbocycles. The standard InChI is InChI=1S/C29H40N2O/c1-19(2)26-9-7-8-25-18-30(15-14-27(25)26)22(6)11-10-21(5)23-12-13-24-17-29(32)31(20(3)4)28(24)16-23/h7-9,12-13,16,19-22H,10-11,14-15,17-18H2,1-6H3. The number of rotatable bonds is 7. The zero-order chi connectivity index (χ0) is 23.0. The molecule has 2 heterocycles. The van der Waals surface area contributed by atoms with Gasteiger partial charge in [0.05, 0.1) is 6.42 Å². The maximum atomic E-state index is 12.4. The van der Waals surface area contributed by atoms with Crippen molar-refractivity contribution in [2.24, 2.45) is 0 Å². The molecule has 0 aliphatic carbocycles. The second kappa shape index (κ2) is 9.39. The van der Waals surface area contributed by atoms with Crippen molar-refractivity contribution in [1.82, 2.24) is 4.90 Å².